The highest BCUT2D eigenvalue weighted by Crippen LogP contribution is 2.35. The number of ether oxygens (including phenoxy) is 2. The Bertz CT molecular complexity index is 1220. The van der Waals surface area contributed by atoms with E-state index in [4.69, 9.17) is 14.5 Å². The molecule has 0 radical (unpaired) electrons. The minimum atomic E-state index is -0.298. The van der Waals surface area contributed by atoms with E-state index in [1.54, 1.807) is 24.4 Å². The van der Waals surface area contributed by atoms with Gasteiger partial charge in [-0.15, -0.1) is 0 Å². The lowest BCUT2D eigenvalue weighted by Crippen LogP contribution is -2.38. The summed E-state index contributed by atoms with van der Waals surface area (Å²) >= 11 is 7.10. The second kappa shape index (κ2) is 12.8. The molecule has 0 spiro atoms. The molecule has 1 N–H and O–H groups in total. The number of hydrazone groups is 1. The second-order valence-electron chi connectivity index (χ2n) is 8.97. The minimum absolute atomic E-state index is 0.114. The van der Waals surface area contributed by atoms with Gasteiger partial charge in [0, 0.05) is 31.7 Å². The summed E-state index contributed by atoms with van der Waals surface area (Å²) in [6.07, 6.45) is 5.16. The maximum atomic E-state index is 13.9. The fourth-order valence-electron chi connectivity index (χ4n) is 4.27. The van der Waals surface area contributed by atoms with Crippen LogP contribution in [0.15, 0.2) is 50.4 Å². The number of rotatable bonds is 8. The third-order valence-electron chi connectivity index (χ3n) is 6.27. The summed E-state index contributed by atoms with van der Waals surface area (Å²) < 4.78 is 26.7. The Labute approximate surface area is 237 Å². The molecular formula is C26H28Br2FN7O2. The number of anilines is 3. The molecule has 2 aromatic carbocycles. The molecule has 0 aliphatic carbocycles. The van der Waals surface area contributed by atoms with Gasteiger partial charge in [0.15, 0.2) is 0 Å². The van der Waals surface area contributed by atoms with E-state index in [0.717, 1.165) is 44.6 Å². The average molecular weight is 649 g/mol. The largest absolute Gasteiger partial charge is 0.486 e. The molecule has 1 aromatic heterocycles. The maximum absolute atomic E-state index is 13.9. The summed E-state index contributed by atoms with van der Waals surface area (Å²) in [5, 5.41) is 4.38. The number of morpholine rings is 1. The fraction of sp³-hybridized carbons (Fsp3) is 0.385. The Balaban J connectivity index is 1.30. The first kappa shape index (κ1) is 26.8. The van der Waals surface area contributed by atoms with E-state index in [9.17, 15) is 4.39 Å². The summed E-state index contributed by atoms with van der Waals surface area (Å²) in [7, 11) is 0. The standard InChI is InChI=1S/C26H28Br2FN7O2/c27-20-14-18(15-21(28)23(20)38-17-19-6-2-3-7-22(19)29)16-30-34-24-31-25(35-8-4-1-5-9-35)33-26(32-24)36-10-12-37-13-11-36/h2-3,6-7,14-16H,1,4-5,8-13,17H2,(H,31,32,33,34)/b30-16-. The Hall–Kier alpha value is -2.83. The number of piperidine rings is 1. The van der Waals surface area contributed by atoms with E-state index in [-0.39, 0.29) is 12.4 Å². The summed E-state index contributed by atoms with van der Waals surface area (Å²) in [4.78, 5) is 18.3. The van der Waals surface area contributed by atoms with Crippen LogP contribution in [0.4, 0.5) is 22.2 Å². The van der Waals surface area contributed by atoms with Gasteiger partial charge in [-0.1, -0.05) is 18.2 Å². The van der Waals surface area contributed by atoms with Gasteiger partial charge in [-0.25, -0.2) is 9.82 Å². The van der Waals surface area contributed by atoms with Gasteiger partial charge in [-0.05, 0) is 74.9 Å². The molecule has 0 atom stereocenters. The maximum Gasteiger partial charge on any atom is 0.250 e. The third-order valence-corrected chi connectivity index (χ3v) is 7.45. The monoisotopic (exact) mass is 647 g/mol. The first-order chi connectivity index (χ1) is 18.6. The Kier molecular flexibility index (Phi) is 9.02. The van der Waals surface area contributed by atoms with E-state index in [2.05, 4.69) is 62.2 Å². The minimum Gasteiger partial charge on any atom is -0.486 e. The van der Waals surface area contributed by atoms with Gasteiger partial charge in [0.25, 0.3) is 0 Å². The number of nitrogens with zero attached hydrogens (tertiary/aromatic N) is 6. The van der Waals surface area contributed by atoms with Crippen LogP contribution in [0.1, 0.15) is 30.4 Å². The predicted octanol–water partition coefficient (Wildman–Crippen LogP) is 5.39. The topological polar surface area (TPSA) is 88.0 Å². The van der Waals surface area contributed by atoms with Crippen molar-refractivity contribution in [2.24, 2.45) is 5.10 Å². The van der Waals surface area contributed by atoms with Crippen LogP contribution >= 0.6 is 31.9 Å². The summed E-state index contributed by atoms with van der Waals surface area (Å²) in [6.45, 7) is 4.75. The molecule has 3 heterocycles. The summed E-state index contributed by atoms with van der Waals surface area (Å²) in [6, 6.07) is 10.3. The van der Waals surface area contributed by atoms with Crippen LogP contribution in [0.2, 0.25) is 0 Å². The zero-order valence-corrected chi connectivity index (χ0v) is 23.9. The number of halogens is 3. The number of hydrogen-bond acceptors (Lipinski definition) is 9. The zero-order chi connectivity index (χ0) is 26.3. The van der Waals surface area contributed by atoms with Crippen LogP contribution in [-0.2, 0) is 11.3 Å². The molecule has 5 rings (SSSR count). The lowest BCUT2D eigenvalue weighted by atomic mass is 10.1. The molecule has 0 saturated carbocycles. The first-order valence-corrected chi connectivity index (χ1v) is 14.1. The van der Waals surface area contributed by atoms with Gasteiger partial charge < -0.3 is 19.3 Å². The van der Waals surface area contributed by atoms with Gasteiger partial charge in [0.2, 0.25) is 17.8 Å². The van der Waals surface area contributed by atoms with Crippen molar-refractivity contribution in [1.82, 2.24) is 15.0 Å². The molecule has 2 aliphatic rings. The molecule has 0 bridgehead atoms. The van der Waals surface area contributed by atoms with Crippen LogP contribution in [0.5, 0.6) is 5.75 Å². The highest BCUT2D eigenvalue weighted by molar-refractivity contribution is 9.11. The molecular weight excluding hydrogens is 621 g/mol. The van der Waals surface area contributed by atoms with E-state index < -0.39 is 0 Å². The van der Waals surface area contributed by atoms with E-state index in [1.165, 1.54) is 12.5 Å². The first-order valence-electron chi connectivity index (χ1n) is 12.5. The van der Waals surface area contributed by atoms with Crippen molar-refractivity contribution in [2.45, 2.75) is 25.9 Å². The van der Waals surface area contributed by atoms with Crippen LogP contribution in [0, 0.1) is 5.82 Å². The quantitative estimate of drug-likeness (QED) is 0.257. The average Bonchev–Trinajstić information content (AvgIpc) is 2.94. The van der Waals surface area contributed by atoms with Crippen molar-refractivity contribution in [3.05, 3.63) is 62.3 Å². The molecule has 12 heteroatoms. The van der Waals surface area contributed by atoms with Gasteiger partial charge in [-0.2, -0.15) is 20.1 Å². The predicted molar refractivity (Wildman–Crippen MR) is 153 cm³/mol. The van der Waals surface area contributed by atoms with E-state index in [1.807, 2.05) is 12.1 Å². The number of benzene rings is 2. The lowest BCUT2D eigenvalue weighted by Gasteiger charge is -2.30. The van der Waals surface area contributed by atoms with Gasteiger partial charge >= 0.3 is 0 Å². The molecule has 0 amide bonds. The molecule has 38 heavy (non-hydrogen) atoms. The van der Waals surface area contributed by atoms with Crippen molar-refractivity contribution in [1.29, 1.82) is 0 Å². The number of nitrogens with one attached hydrogen (secondary N) is 1. The molecule has 2 fully saturated rings. The van der Waals surface area contributed by atoms with Crippen molar-refractivity contribution >= 4 is 55.9 Å². The van der Waals surface area contributed by atoms with Crippen LogP contribution in [-0.4, -0.2) is 60.6 Å². The van der Waals surface area contributed by atoms with Gasteiger partial charge in [0.1, 0.15) is 18.2 Å². The van der Waals surface area contributed by atoms with Crippen LogP contribution < -0.4 is 20.0 Å². The lowest BCUT2D eigenvalue weighted by molar-refractivity contribution is 0.122. The smallest absolute Gasteiger partial charge is 0.250 e. The molecule has 2 saturated heterocycles. The fourth-order valence-corrected chi connectivity index (χ4v) is 5.72. The molecule has 3 aromatic rings. The third kappa shape index (κ3) is 6.78. The Morgan fingerprint density at radius 2 is 1.61 bits per heavy atom. The van der Waals surface area contributed by atoms with E-state index >= 15 is 0 Å². The normalized spacial score (nSPS) is 16.2. The number of hydrogen-bond donors (Lipinski definition) is 1. The highest BCUT2D eigenvalue weighted by atomic mass is 79.9. The van der Waals surface area contributed by atoms with Gasteiger partial charge in [0.05, 0.1) is 28.4 Å². The van der Waals surface area contributed by atoms with Crippen molar-refractivity contribution in [3.63, 3.8) is 0 Å². The van der Waals surface area contributed by atoms with Gasteiger partial charge in [-0.3, -0.25) is 0 Å². The Morgan fingerprint density at radius 1 is 0.947 bits per heavy atom. The van der Waals surface area contributed by atoms with Crippen molar-refractivity contribution < 1.29 is 13.9 Å². The van der Waals surface area contributed by atoms with Crippen molar-refractivity contribution in [2.75, 3.05) is 54.6 Å². The SMILES string of the molecule is Fc1ccccc1COc1c(Br)cc(/C=N\Nc2nc(N3CCCCC3)nc(N3CCOCC3)n2)cc1Br. The van der Waals surface area contributed by atoms with Crippen LogP contribution in [0.25, 0.3) is 0 Å². The Morgan fingerprint density at radius 3 is 2.29 bits per heavy atom. The van der Waals surface area contributed by atoms with E-state index in [0.29, 0.717) is 51.3 Å². The zero-order valence-electron chi connectivity index (χ0n) is 20.7. The summed E-state index contributed by atoms with van der Waals surface area (Å²) in [5.41, 5.74) is 4.28. The second-order valence-corrected chi connectivity index (χ2v) is 10.7. The molecule has 200 valence electrons. The molecule has 2 aliphatic heterocycles. The van der Waals surface area contributed by atoms with Crippen LogP contribution in [0.3, 0.4) is 0 Å². The molecule has 0 unspecified atom stereocenters. The summed E-state index contributed by atoms with van der Waals surface area (Å²) in [5.74, 6) is 1.97. The number of aromatic nitrogens is 3. The molecule has 9 nitrogen and oxygen atoms in total. The van der Waals surface area contributed by atoms with Crippen molar-refractivity contribution in [3.8, 4) is 5.75 Å². The highest BCUT2D eigenvalue weighted by Gasteiger charge is 2.20.